The predicted octanol–water partition coefficient (Wildman–Crippen LogP) is 6.43. The van der Waals surface area contributed by atoms with E-state index < -0.39 is 5.41 Å². The van der Waals surface area contributed by atoms with Gasteiger partial charge in [0.05, 0.1) is 23.3 Å². The van der Waals surface area contributed by atoms with Crippen LogP contribution in [0.1, 0.15) is 46.5 Å². The van der Waals surface area contributed by atoms with Gasteiger partial charge in [0.1, 0.15) is 5.76 Å². The predicted molar refractivity (Wildman–Crippen MR) is 132 cm³/mol. The molecule has 0 atom stereocenters. The van der Waals surface area contributed by atoms with Crippen LogP contribution in [0.5, 0.6) is 0 Å². The second-order valence-corrected chi connectivity index (χ2v) is 8.63. The van der Waals surface area contributed by atoms with Gasteiger partial charge in [-0.15, -0.1) is 0 Å². The minimum atomic E-state index is -0.433. The SMILES string of the molecule is CC(C)(C1=C/C(=C(/O)c2cccc(C#N)c2)C(C(=O)c2cccc(C#N)c2)=C1)c1ccccc1. The summed E-state index contributed by atoms with van der Waals surface area (Å²) in [6, 6.07) is 27.3. The number of ketones is 1. The molecule has 0 unspecified atom stereocenters. The summed E-state index contributed by atoms with van der Waals surface area (Å²) in [6.45, 7) is 4.14. The minimum Gasteiger partial charge on any atom is -0.507 e. The van der Waals surface area contributed by atoms with Crippen LogP contribution in [0.3, 0.4) is 0 Å². The van der Waals surface area contributed by atoms with Crippen molar-refractivity contribution < 1.29 is 9.90 Å². The molecule has 3 aromatic carbocycles. The molecule has 0 aliphatic heterocycles. The highest BCUT2D eigenvalue weighted by Crippen LogP contribution is 2.41. The summed E-state index contributed by atoms with van der Waals surface area (Å²) in [5, 5.41) is 29.8. The maximum atomic E-state index is 13.6. The van der Waals surface area contributed by atoms with Crippen LogP contribution in [0, 0.1) is 22.7 Å². The van der Waals surface area contributed by atoms with Crippen molar-refractivity contribution in [2.75, 3.05) is 0 Å². The topological polar surface area (TPSA) is 84.9 Å². The molecule has 1 N–H and O–H groups in total. The molecule has 1 aliphatic rings. The monoisotopic (exact) mass is 442 g/mol. The van der Waals surface area contributed by atoms with E-state index in [1.807, 2.05) is 42.5 Å². The average Bonchev–Trinajstić information content (AvgIpc) is 3.34. The second kappa shape index (κ2) is 9.06. The van der Waals surface area contributed by atoms with Gasteiger partial charge in [-0.25, -0.2) is 0 Å². The third-order valence-corrected chi connectivity index (χ3v) is 6.13. The first-order chi connectivity index (χ1) is 16.3. The van der Waals surface area contributed by atoms with Gasteiger partial charge in [0.15, 0.2) is 5.78 Å². The summed E-state index contributed by atoms with van der Waals surface area (Å²) in [7, 11) is 0. The number of Topliss-reactive ketones (excluding diaryl/α,β-unsaturated/α-hetero) is 1. The summed E-state index contributed by atoms with van der Waals surface area (Å²) in [6.07, 6.45) is 3.65. The Hall–Kier alpha value is -4.67. The molecule has 4 nitrogen and oxygen atoms in total. The fraction of sp³-hybridized carbons (Fsp3) is 0.100. The third kappa shape index (κ3) is 4.18. The first-order valence-corrected chi connectivity index (χ1v) is 10.8. The molecular weight excluding hydrogens is 420 g/mol. The summed E-state index contributed by atoms with van der Waals surface area (Å²) in [5.41, 5.74) is 3.86. The maximum Gasteiger partial charge on any atom is 0.193 e. The highest BCUT2D eigenvalue weighted by atomic mass is 16.3. The van der Waals surface area contributed by atoms with Crippen molar-refractivity contribution in [3.63, 3.8) is 0 Å². The minimum absolute atomic E-state index is 0.0769. The molecule has 34 heavy (non-hydrogen) atoms. The Labute approximate surface area is 199 Å². The van der Waals surface area contributed by atoms with E-state index in [4.69, 9.17) is 0 Å². The molecule has 4 heteroatoms. The van der Waals surface area contributed by atoms with Gasteiger partial charge in [-0.3, -0.25) is 4.79 Å². The van der Waals surface area contributed by atoms with E-state index in [2.05, 4.69) is 26.0 Å². The molecule has 0 fully saturated rings. The number of hydrogen-bond acceptors (Lipinski definition) is 4. The summed E-state index contributed by atoms with van der Waals surface area (Å²) in [4.78, 5) is 13.6. The van der Waals surface area contributed by atoms with Crippen molar-refractivity contribution in [3.05, 3.63) is 136 Å². The molecule has 0 saturated carbocycles. The number of nitriles is 2. The van der Waals surface area contributed by atoms with Crippen molar-refractivity contribution in [1.29, 1.82) is 10.5 Å². The largest absolute Gasteiger partial charge is 0.507 e. The number of aliphatic hydroxyl groups excluding tert-OH is 1. The van der Waals surface area contributed by atoms with Crippen LogP contribution in [-0.4, -0.2) is 10.9 Å². The number of nitrogens with zero attached hydrogens (tertiary/aromatic N) is 2. The first-order valence-electron chi connectivity index (χ1n) is 10.8. The molecule has 0 amide bonds. The Kier molecular flexibility index (Phi) is 6.00. The van der Waals surface area contributed by atoms with Gasteiger partial charge < -0.3 is 5.11 Å². The molecule has 0 spiro atoms. The quantitative estimate of drug-likeness (QED) is 0.365. The fourth-order valence-electron chi connectivity index (χ4n) is 4.05. The molecule has 0 saturated heterocycles. The van der Waals surface area contributed by atoms with Crippen LogP contribution in [0.25, 0.3) is 5.76 Å². The van der Waals surface area contributed by atoms with Gasteiger partial charge in [0.25, 0.3) is 0 Å². The van der Waals surface area contributed by atoms with Crippen LogP contribution in [-0.2, 0) is 5.41 Å². The average molecular weight is 443 g/mol. The highest BCUT2D eigenvalue weighted by Gasteiger charge is 2.32. The zero-order valence-corrected chi connectivity index (χ0v) is 18.9. The van der Waals surface area contributed by atoms with Gasteiger partial charge in [0.2, 0.25) is 0 Å². The van der Waals surface area contributed by atoms with E-state index in [9.17, 15) is 20.4 Å². The Morgan fingerprint density at radius 1 is 0.794 bits per heavy atom. The molecule has 0 radical (unpaired) electrons. The number of carbonyl (C=O) groups excluding carboxylic acids is 1. The van der Waals surface area contributed by atoms with Crippen molar-refractivity contribution in [2.24, 2.45) is 0 Å². The smallest absolute Gasteiger partial charge is 0.193 e. The number of benzene rings is 3. The van der Waals surface area contributed by atoms with Crippen LogP contribution in [0.4, 0.5) is 0 Å². The Bertz CT molecular complexity index is 1460. The van der Waals surface area contributed by atoms with E-state index in [0.717, 1.165) is 11.1 Å². The molecule has 164 valence electrons. The Morgan fingerprint density at radius 3 is 2.00 bits per heavy atom. The Balaban J connectivity index is 1.89. The zero-order chi connectivity index (χ0) is 24.3. The number of rotatable bonds is 5. The molecule has 0 aromatic heterocycles. The van der Waals surface area contributed by atoms with Gasteiger partial charge >= 0.3 is 0 Å². The van der Waals surface area contributed by atoms with Gasteiger partial charge in [0, 0.05) is 27.7 Å². The number of allylic oxidation sites excluding steroid dienone is 5. The lowest BCUT2D eigenvalue weighted by Gasteiger charge is -2.26. The van der Waals surface area contributed by atoms with Crippen molar-refractivity contribution in [1.82, 2.24) is 0 Å². The van der Waals surface area contributed by atoms with E-state index in [1.54, 1.807) is 48.5 Å². The maximum absolute atomic E-state index is 13.6. The van der Waals surface area contributed by atoms with Crippen molar-refractivity contribution in [3.8, 4) is 12.1 Å². The first kappa shape index (κ1) is 22.5. The zero-order valence-electron chi connectivity index (χ0n) is 18.9. The standard InChI is InChI=1S/C30H22N2O2/c1-30(2,24-12-4-3-5-13-24)25-16-26(28(33)22-10-6-8-20(14-22)18-31)27(17-25)29(34)23-11-7-9-21(15-23)19-32/h3-17,33H,1-2H3/b28-26-. The second-order valence-electron chi connectivity index (χ2n) is 8.63. The normalized spacial score (nSPS) is 14.5. The van der Waals surface area contributed by atoms with Gasteiger partial charge in [-0.1, -0.05) is 68.4 Å². The third-order valence-electron chi connectivity index (χ3n) is 6.13. The number of aliphatic hydroxyl groups is 1. The van der Waals surface area contributed by atoms with E-state index in [1.165, 1.54) is 0 Å². The molecule has 4 rings (SSSR count). The Morgan fingerprint density at radius 2 is 1.38 bits per heavy atom. The number of hydrogen-bond donors (Lipinski definition) is 1. The lowest BCUT2D eigenvalue weighted by atomic mass is 9.78. The van der Waals surface area contributed by atoms with Crippen molar-refractivity contribution in [2.45, 2.75) is 19.3 Å². The van der Waals surface area contributed by atoms with Crippen LogP contribution in [0.2, 0.25) is 0 Å². The van der Waals surface area contributed by atoms with Gasteiger partial charge in [-0.2, -0.15) is 10.5 Å². The summed E-state index contributed by atoms with van der Waals surface area (Å²) >= 11 is 0. The van der Waals surface area contributed by atoms with Crippen LogP contribution < -0.4 is 0 Å². The van der Waals surface area contributed by atoms with Crippen LogP contribution >= 0.6 is 0 Å². The van der Waals surface area contributed by atoms with Gasteiger partial charge in [-0.05, 0) is 47.6 Å². The van der Waals surface area contributed by atoms with E-state index in [0.29, 0.717) is 33.4 Å². The fourth-order valence-corrected chi connectivity index (χ4v) is 4.05. The van der Waals surface area contributed by atoms with Crippen LogP contribution in [0.15, 0.2) is 108 Å². The van der Waals surface area contributed by atoms with E-state index in [-0.39, 0.29) is 11.5 Å². The van der Waals surface area contributed by atoms with E-state index >= 15 is 0 Å². The molecule has 3 aromatic rings. The lowest BCUT2D eigenvalue weighted by Crippen LogP contribution is -2.18. The molecule has 0 bridgehead atoms. The summed E-state index contributed by atoms with van der Waals surface area (Å²) in [5.74, 6) is -0.364. The molecular formula is C30H22N2O2. The molecule has 1 aliphatic carbocycles. The van der Waals surface area contributed by atoms with Crippen molar-refractivity contribution >= 4 is 11.5 Å². The summed E-state index contributed by atoms with van der Waals surface area (Å²) < 4.78 is 0. The lowest BCUT2D eigenvalue weighted by molar-refractivity contribution is 0.103. The number of carbonyl (C=O) groups is 1. The molecule has 0 heterocycles. The highest BCUT2D eigenvalue weighted by molar-refractivity contribution is 6.14.